The number of benzene rings is 2. The third-order valence-electron chi connectivity index (χ3n) is 3.70. The highest BCUT2D eigenvalue weighted by Crippen LogP contribution is 2.27. The van der Waals surface area contributed by atoms with Gasteiger partial charge in [-0.3, -0.25) is 19.7 Å². The molecule has 28 heavy (non-hydrogen) atoms. The van der Waals surface area contributed by atoms with Crippen LogP contribution in [0.5, 0.6) is 5.75 Å². The van der Waals surface area contributed by atoms with Crippen LogP contribution in [0.25, 0.3) is 0 Å². The number of rotatable bonds is 7. The number of carbonyl (C=O) groups is 3. The van der Waals surface area contributed by atoms with Crippen LogP contribution in [0.3, 0.4) is 0 Å². The van der Waals surface area contributed by atoms with E-state index in [1.807, 2.05) is 0 Å². The van der Waals surface area contributed by atoms with E-state index in [4.69, 9.17) is 15.2 Å². The molecule has 0 bridgehead atoms. The molecule has 0 saturated carbocycles. The molecule has 2 amide bonds. The molecule has 146 valence electrons. The zero-order valence-electron chi connectivity index (χ0n) is 15.0. The number of nitro groups is 1. The lowest BCUT2D eigenvalue weighted by Gasteiger charge is -2.14. The monoisotopic (exact) mass is 387 g/mol. The van der Waals surface area contributed by atoms with Crippen LogP contribution in [0.15, 0.2) is 42.5 Å². The van der Waals surface area contributed by atoms with Crippen molar-refractivity contribution in [1.29, 1.82) is 0 Å². The van der Waals surface area contributed by atoms with Gasteiger partial charge in [-0.2, -0.15) is 0 Å². The molecular weight excluding hydrogens is 370 g/mol. The molecule has 2 aromatic rings. The number of hydrogen-bond acceptors (Lipinski definition) is 7. The lowest BCUT2D eigenvalue weighted by Crippen LogP contribution is -2.30. The second kappa shape index (κ2) is 8.62. The predicted octanol–water partition coefficient (Wildman–Crippen LogP) is 1.89. The molecule has 10 nitrogen and oxygen atoms in total. The fourth-order valence-corrected chi connectivity index (χ4v) is 2.20. The molecule has 1 atom stereocenters. The predicted molar refractivity (Wildman–Crippen MR) is 98.1 cm³/mol. The Morgan fingerprint density at radius 2 is 1.71 bits per heavy atom. The zero-order valence-corrected chi connectivity index (χ0v) is 15.0. The summed E-state index contributed by atoms with van der Waals surface area (Å²) in [5, 5.41) is 13.6. The van der Waals surface area contributed by atoms with E-state index in [1.165, 1.54) is 50.4 Å². The van der Waals surface area contributed by atoms with Gasteiger partial charge in [-0.25, -0.2) is 4.79 Å². The second-order valence-corrected chi connectivity index (χ2v) is 5.62. The van der Waals surface area contributed by atoms with Crippen molar-refractivity contribution in [1.82, 2.24) is 0 Å². The van der Waals surface area contributed by atoms with Crippen molar-refractivity contribution < 1.29 is 28.8 Å². The Morgan fingerprint density at radius 3 is 2.25 bits per heavy atom. The van der Waals surface area contributed by atoms with Crippen molar-refractivity contribution in [2.24, 2.45) is 5.73 Å². The molecule has 0 radical (unpaired) electrons. The Hall–Kier alpha value is -3.95. The first-order chi connectivity index (χ1) is 13.2. The van der Waals surface area contributed by atoms with Crippen LogP contribution < -0.4 is 15.8 Å². The summed E-state index contributed by atoms with van der Waals surface area (Å²) in [5.74, 6) is -2.14. The number of nitrogens with zero attached hydrogens (tertiary/aromatic N) is 1. The van der Waals surface area contributed by atoms with Crippen molar-refractivity contribution in [3.63, 3.8) is 0 Å². The minimum Gasteiger partial charge on any atom is -0.490 e. The lowest BCUT2D eigenvalue weighted by atomic mass is 10.2. The summed E-state index contributed by atoms with van der Waals surface area (Å²) in [4.78, 5) is 45.7. The van der Waals surface area contributed by atoms with Gasteiger partial charge in [0.1, 0.15) is 0 Å². The number of esters is 1. The summed E-state index contributed by atoms with van der Waals surface area (Å²) < 4.78 is 9.92. The van der Waals surface area contributed by atoms with Crippen LogP contribution in [-0.4, -0.2) is 35.9 Å². The minimum atomic E-state index is -1.18. The van der Waals surface area contributed by atoms with Crippen molar-refractivity contribution in [2.75, 3.05) is 12.4 Å². The molecule has 0 aliphatic heterocycles. The SMILES string of the molecule is COc1ccc(C(=O)O[C@@H](C)C(=O)Nc2ccc(C(N)=O)cc2)cc1[N+](=O)[O-]. The minimum absolute atomic E-state index is 0.00764. The number of hydrogen-bond donors (Lipinski definition) is 2. The number of methoxy groups -OCH3 is 1. The summed E-state index contributed by atoms with van der Waals surface area (Å²) >= 11 is 0. The number of nitrogens with two attached hydrogens (primary N) is 1. The first kappa shape index (κ1) is 20.4. The fraction of sp³-hybridized carbons (Fsp3) is 0.167. The molecule has 0 aromatic heterocycles. The van der Waals surface area contributed by atoms with Gasteiger partial charge in [0.25, 0.3) is 5.91 Å². The smallest absolute Gasteiger partial charge is 0.339 e. The Labute approximate surface area is 159 Å². The average molecular weight is 387 g/mol. The molecule has 0 spiro atoms. The summed E-state index contributed by atoms with van der Waals surface area (Å²) in [6.45, 7) is 1.35. The molecular formula is C18H17N3O7. The number of nitro benzene ring substituents is 1. The number of primary amides is 1. The number of carbonyl (C=O) groups excluding carboxylic acids is 3. The molecule has 0 heterocycles. The van der Waals surface area contributed by atoms with Gasteiger partial charge in [-0.15, -0.1) is 0 Å². The Morgan fingerprint density at radius 1 is 1.11 bits per heavy atom. The van der Waals surface area contributed by atoms with Crippen LogP contribution in [-0.2, 0) is 9.53 Å². The van der Waals surface area contributed by atoms with E-state index in [0.717, 1.165) is 6.07 Å². The van der Waals surface area contributed by atoms with Crippen LogP contribution in [0.1, 0.15) is 27.6 Å². The van der Waals surface area contributed by atoms with Gasteiger partial charge in [-0.05, 0) is 43.3 Å². The largest absolute Gasteiger partial charge is 0.490 e. The summed E-state index contributed by atoms with van der Waals surface area (Å²) in [6, 6.07) is 9.38. The Bertz CT molecular complexity index is 925. The van der Waals surface area contributed by atoms with Crippen LogP contribution in [0.2, 0.25) is 0 Å². The van der Waals surface area contributed by atoms with Gasteiger partial charge >= 0.3 is 11.7 Å². The van der Waals surface area contributed by atoms with E-state index in [9.17, 15) is 24.5 Å². The normalized spacial score (nSPS) is 11.2. The highest BCUT2D eigenvalue weighted by Gasteiger charge is 2.23. The maximum absolute atomic E-state index is 12.2. The van der Waals surface area contributed by atoms with Crippen molar-refractivity contribution in [2.45, 2.75) is 13.0 Å². The standard InChI is InChI=1S/C18H17N3O7/c1-10(17(23)20-13-6-3-11(4-7-13)16(19)22)28-18(24)12-5-8-15(27-2)14(9-12)21(25)26/h3-10H,1-2H3,(H2,19,22)(H,20,23)/t10-/m0/s1. The molecule has 0 fully saturated rings. The fourth-order valence-electron chi connectivity index (χ4n) is 2.20. The molecule has 0 unspecified atom stereocenters. The summed E-state index contributed by atoms with van der Waals surface area (Å²) in [5.41, 5.74) is 5.29. The third kappa shape index (κ3) is 4.81. The van der Waals surface area contributed by atoms with Crippen LogP contribution >= 0.6 is 0 Å². The van der Waals surface area contributed by atoms with Gasteiger partial charge in [0.05, 0.1) is 17.6 Å². The van der Waals surface area contributed by atoms with E-state index in [2.05, 4.69) is 5.32 Å². The third-order valence-corrected chi connectivity index (χ3v) is 3.70. The highest BCUT2D eigenvalue weighted by molar-refractivity contribution is 5.98. The number of nitrogens with one attached hydrogen (secondary N) is 1. The first-order valence-electron chi connectivity index (χ1n) is 7.97. The first-order valence-corrected chi connectivity index (χ1v) is 7.97. The van der Waals surface area contributed by atoms with Crippen molar-refractivity contribution >= 4 is 29.2 Å². The van der Waals surface area contributed by atoms with Gasteiger partial charge < -0.3 is 20.5 Å². The second-order valence-electron chi connectivity index (χ2n) is 5.62. The van der Waals surface area contributed by atoms with Gasteiger partial charge in [-0.1, -0.05) is 0 Å². The van der Waals surface area contributed by atoms with Gasteiger partial charge in [0.2, 0.25) is 5.91 Å². The molecule has 2 rings (SSSR count). The van der Waals surface area contributed by atoms with Gasteiger partial charge in [0, 0.05) is 17.3 Å². The molecule has 0 aliphatic rings. The van der Waals surface area contributed by atoms with Crippen LogP contribution in [0.4, 0.5) is 11.4 Å². The van der Waals surface area contributed by atoms with E-state index in [1.54, 1.807) is 0 Å². The van der Waals surface area contributed by atoms with E-state index in [-0.39, 0.29) is 16.9 Å². The summed E-state index contributed by atoms with van der Waals surface area (Å²) in [6.07, 6.45) is -1.18. The molecule has 0 aliphatic carbocycles. The molecule has 0 saturated heterocycles. The number of ether oxygens (including phenoxy) is 2. The molecule has 10 heteroatoms. The summed E-state index contributed by atoms with van der Waals surface area (Å²) in [7, 11) is 1.27. The van der Waals surface area contributed by atoms with E-state index >= 15 is 0 Å². The van der Waals surface area contributed by atoms with E-state index in [0.29, 0.717) is 5.69 Å². The van der Waals surface area contributed by atoms with Crippen molar-refractivity contribution in [3.8, 4) is 5.75 Å². The maximum atomic E-state index is 12.2. The Balaban J connectivity index is 2.05. The van der Waals surface area contributed by atoms with E-state index < -0.39 is 34.5 Å². The topological polar surface area (TPSA) is 151 Å². The average Bonchev–Trinajstić information content (AvgIpc) is 2.67. The number of amides is 2. The van der Waals surface area contributed by atoms with Gasteiger partial charge in [0.15, 0.2) is 11.9 Å². The number of anilines is 1. The Kier molecular flexibility index (Phi) is 6.27. The van der Waals surface area contributed by atoms with Crippen molar-refractivity contribution in [3.05, 3.63) is 63.7 Å². The maximum Gasteiger partial charge on any atom is 0.339 e. The molecule has 3 N–H and O–H groups in total. The highest BCUT2D eigenvalue weighted by atomic mass is 16.6. The quantitative estimate of drug-likeness (QED) is 0.418. The molecule has 2 aromatic carbocycles. The lowest BCUT2D eigenvalue weighted by molar-refractivity contribution is -0.385. The van der Waals surface area contributed by atoms with Crippen LogP contribution in [0, 0.1) is 10.1 Å². The zero-order chi connectivity index (χ0) is 20.8.